The molecule has 0 aliphatic rings. The zero-order valence-corrected chi connectivity index (χ0v) is 14.2. The minimum absolute atomic E-state index is 0.175. The predicted molar refractivity (Wildman–Crippen MR) is 96.9 cm³/mol. The molecule has 1 aromatic heterocycles. The predicted octanol–water partition coefficient (Wildman–Crippen LogP) is 3.46. The third-order valence-electron chi connectivity index (χ3n) is 3.42. The summed E-state index contributed by atoms with van der Waals surface area (Å²) in [5.41, 5.74) is 2.03. The molecular formula is C18H15N5OS. The van der Waals surface area contributed by atoms with E-state index < -0.39 is 0 Å². The van der Waals surface area contributed by atoms with E-state index in [9.17, 15) is 4.79 Å². The van der Waals surface area contributed by atoms with Crippen molar-refractivity contribution in [1.29, 1.82) is 5.26 Å². The van der Waals surface area contributed by atoms with Crippen LogP contribution in [0.1, 0.15) is 12.5 Å². The van der Waals surface area contributed by atoms with Crippen molar-refractivity contribution in [3.8, 4) is 17.5 Å². The summed E-state index contributed by atoms with van der Waals surface area (Å²) in [7, 11) is 0. The molecule has 0 bridgehead atoms. The molecule has 25 heavy (non-hydrogen) atoms. The molecule has 0 spiro atoms. The maximum absolute atomic E-state index is 12.3. The van der Waals surface area contributed by atoms with Crippen LogP contribution in [0.2, 0.25) is 0 Å². The first-order chi connectivity index (χ1) is 12.2. The fourth-order valence-electron chi connectivity index (χ4n) is 2.15. The highest BCUT2D eigenvalue weighted by molar-refractivity contribution is 8.00. The number of benzene rings is 2. The van der Waals surface area contributed by atoms with Crippen LogP contribution in [0.15, 0.2) is 59.8 Å². The van der Waals surface area contributed by atoms with Crippen LogP contribution in [-0.4, -0.2) is 26.3 Å². The lowest BCUT2D eigenvalue weighted by Crippen LogP contribution is -2.22. The smallest absolute Gasteiger partial charge is 0.237 e. The Labute approximate surface area is 149 Å². The Hall–Kier alpha value is -3.11. The molecule has 0 saturated heterocycles. The number of thioether (sulfide) groups is 1. The number of carbonyl (C=O) groups excluding carboxylic acids is 1. The molecule has 2 aromatic carbocycles. The van der Waals surface area contributed by atoms with E-state index in [1.165, 1.54) is 11.8 Å². The van der Waals surface area contributed by atoms with Gasteiger partial charge in [-0.05, 0) is 25.1 Å². The first-order valence-electron chi connectivity index (χ1n) is 7.61. The molecule has 7 heteroatoms. The zero-order valence-electron chi connectivity index (χ0n) is 13.4. The largest absolute Gasteiger partial charge is 0.325 e. The van der Waals surface area contributed by atoms with Crippen LogP contribution in [0.3, 0.4) is 0 Å². The van der Waals surface area contributed by atoms with Crippen LogP contribution < -0.4 is 5.32 Å². The molecule has 1 heterocycles. The van der Waals surface area contributed by atoms with Gasteiger partial charge in [0.25, 0.3) is 0 Å². The van der Waals surface area contributed by atoms with Gasteiger partial charge in [0.15, 0.2) is 5.82 Å². The summed E-state index contributed by atoms with van der Waals surface area (Å²) in [6.07, 6.45) is 0. The van der Waals surface area contributed by atoms with Gasteiger partial charge in [-0.1, -0.05) is 48.2 Å². The lowest BCUT2D eigenvalue weighted by Gasteiger charge is -2.10. The second-order valence-corrected chi connectivity index (χ2v) is 6.58. The van der Waals surface area contributed by atoms with E-state index in [0.29, 0.717) is 22.2 Å². The summed E-state index contributed by atoms with van der Waals surface area (Å²) in [5, 5.41) is 18.9. The van der Waals surface area contributed by atoms with E-state index in [0.717, 1.165) is 5.56 Å². The number of nitrogens with one attached hydrogen (secondary N) is 2. The van der Waals surface area contributed by atoms with E-state index in [1.54, 1.807) is 31.2 Å². The highest BCUT2D eigenvalue weighted by atomic mass is 32.2. The van der Waals surface area contributed by atoms with E-state index >= 15 is 0 Å². The normalized spacial score (nSPS) is 11.5. The average Bonchev–Trinajstić information content (AvgIpc) is 3.11. The Morgan fingerprint density at radius 1 is 1.24 bits per heavy atom. The number of carbonyl (C=O) groups is 1. The summed E-state index contributed by atoms with van der Waals surface area (Å²) in [6.45, 7) is 1.78. The molecule has 0 aliphatic heterocycles. The summed E-state index contributed by atoms with van der Waals surface area (Å²) < 4.78 is 0. The summed E-state index contributed by atoms with van der Waals surface area (Å²) in [5.74, 6) is 0.489. The number of aromatic amines is 1. The van der Waals surface area contributed by atoms with Crippen LogP contribution in [-0.2, 0) is 4.79 Å². The molecule has 2 N–H and O–H groups in total. The number of hydrogen-bond acceptors (Lipinski definition) is 5. The van der Waals surface area contributed by atoms with E-state index in [1.807, 2.05) is 36.4 Å². The minimum atomic E-state index is -0.384. The van der Waals surface area contributed by atoms with Crippen molar-refractivity contribution in [1.82, 2.24) is 15.2 Å². The van der Waals surface area contributed by atoms with Gasteiger partial charge < -0.3 is 5.32 Å². The molecule has 124 valence electrons. The van der Waals surface area contributed by atoms with Crippen molar-refractivity contribution in [3.05, 3.63) is 60.2 Å². The third-order valence-corrected chi connectivity index (χ3v) is 4.38. The van der Waals surface area contributed by atoms with Gasteiger partial charge in [-0.15, -0.1) is 5.10 Å². The molecule has 0 radical (unpaired) electrons. The number of nitrogens with zero attached hydrogens (tertiary/aromatic N) is 3. The van der Waals surface area contributed by atoms with Crippen molar-refractivity contribution in [2.45, 2.75) is 17.3 Å². The number of rotatable bonds is 5. The van der Waals surface area contributed by atoms with Crippen molar-refractivity contribution < 1.29 is 4.79 Å². The van der Waals surface area contributed by atoms with E-state index in [2.05, 4.69) is 20.5 Å². The topological polar surface area (TPSA) is 94.5 Å². The van der Waals surface area contributed by atoms with Gasteiger partial charge in [-0.2, -0.15) is 5.26 Å². The number of aromatic nitrogens is 3. The molecular weight excluding hydrogens is 334 g/mol. The van der Waals surface area contributed by atoms with E-state index in [4.69, 9.17) is 5.26 Å². The molecule has 1 atom stereocenters. The fraction of sp³-hybridized carbons (Fsp3) is 0.111. The van der Waals surface area contributed by atoms with Crippen molar-refractivity contribution in [2.24, 2.45) is 0 Å². The van der Waals surface area contributed by atoms with Crippen LogP contribution in [0.25, 0.3) is 11.4 Å². The first-order valence-corrected chi connectivity index (χ1v) is 8.49. The molecule has 1 amide bonds. The van der Waals surface area contributed by atoms with Crippen molar-refractivity contribution >= 4 is 23.4 Å². The number of anilines is 1. The number of hydrogen-bond donors (Lipinski definition) is 2. The van der Waals surface area contributed by atoms with Gasteiger partial charge in [0.1, 0.15) is 0 Å². The van der Waals surface area contributed by atoms with Crippen LogP contribution >= 0.6 is 11.8 Å². The quantitative estimate of drug-likeness (QED) is 0.688. The van der Waals surface area contributed by atoms with Crippen LogP contribution in [0.5, 0.6) is 0 Å². The monoisotopic (exact) mass is 349 g/mol. The Morgan fingerprint density at radius 2 is 2.04 bits per heavy atom. The molecule has 0 fully saturated rings. The Morgan fingerprint density at radius 3 is 2.80 bits per heavy atom. The maximum Gasteiger partial charge on any atom is 0.237 e. The van der Waals surface area contributed by atoms with Gasteiger partial charge in [-0.3, -0.25) is 9.89 Å². The standard InChI is InChI=1S/C18H15N5OS/c1-12(17(24)20-15-9-5-6-13(10-15)11-19)25-18-21-16(22-23-18)14-7-3-2-4-8-14/h2-10,12H,1H3,(H,20,24)(H,21,22,23)/t12-/m1/s1. The molecule has 0 aliphatic carbocycles. The van der Waals surface area contributed by atoms with Crippen LogP contribution in [0, 0.1) is 11.3 Å². The Balaban J connectivity index is 1.64. The second-order valence-electron chi connectivity index (χ2n) is 5.27. The van der Waals surface area contributed by atoms with E-state index in [-0.39, 0.29) is 11.2 Å². The van der Waals surface area contributed by atoms with Gasteiger partial charge in [-0.25, -0.2) is 4.98 Å². The van der Waals surface area contributed by atoms with Crippen molar-refractivity contribution in [3.63, 3.8) is 0 Å². The van der Waals surface area contributed by atoms with Gasteiger partial charge in [0.05, 0.1) is 16.9 Å². The number of nitriles is 1. The zero-order chi connectivity index (χ0) is 17.6. The number of H-pyrrole nitrogens is 1. The Bertz CT molecular complexity index is 916. The highest BCUT2D eigenvalue weighted by Crippen LogP contribution is 2.23. The number of amides is 1. The van der Waals surface area contributed by atoms with Gasteiger partial charge in [0.2, 0.25) is 11.1 Å². The fourth-order valence-corrected chi connectivity index (χ4v) is 2.87. The molecule has 3 aromatic rings. The summed E-state index contributed by atoms with van der Waals surface area (Å²) >= 11 is 1.27. The third kappa shape index (κ3) is 4.25. The first kappa shape index (κ1) is 16.7. The van der Waals surface area contributed by atoms with Crippen LogP contribution in [0.4, 0.5) is 5.69 Å². The maximum atomic E-state index is 12.3. The molecule has 0 saturated carbocycles. The molecule has 0 unspecified atom stereocenters. The summed E-state index contributed by atoms with van der Waals surface area (Å²) in [6, 6.07) is 18.5. The average molecular weight is 349 g/mol. The second kappa shape index (κ2) is 7.64. The minimum Gasteiger partial charge on any atom is -0.325 e. The molecule has 6 nitrogen and oxygen atoms in total. The van der Waals surface area contributed by atoms with Gasteiger partial charge >= 0.3 is 0 Å². The Kier molecular flexibility index (Phi) is 5.11. The van der Waals surface area contributed by atoms with Gasteiger partial charge in [0, 0.05) is 11.3 Å². The summed E-state index contributed by atoms with van der Waals surface area (Å²) in [4.78, 5) is 16.7. The lowest BCUT2D eigenvalue weighted by atomic mass is 10.2. The molecule has 3 rings (SSSR count). The SMILES string of the molecule is C[C@@H](Sc1n[nH]c(-c2ccccc2)n1)C(=O)Nc1cccc(C#N)c1. The lowest BCUT2D eigenvalue weighted by molar-refractivity contribution is -0.115. The van der Waals surface area contributed by atoms with Crippen molar-refractivity contribution in [2.75, 3.05) is 5.32 Å². The highest BCUT2D eigenvalue weighted by Gasteiger charge is 2.17.